The maximum absolute atomic E-state index is 3.78. The smallest absolute Gasteiger partial charge is 0.0823 e. The zero-order valence-corrected chi connectivity index (χ0v) is 10.0. The van der Waals surface area contributed by atoms with Gasteiger partial charge in [-0.05, 0) is 18.0 Å². The Morgan fingerprint density at radius 2 is 1.83 bits per heavy atom. The molecule has 0 aliphatic carbocycles. The molecule has 0 radical (unpaired) electrons. The lowest BCUT2D eigenvalue weighted by atomic mass is 10.2. The number of hydrogen-bond acceptors (Lipinski definition) is 0. The van der Waals surface area contributed by atoms with Crippen molar-refractivity contribution < 1.29 is 0 Å². The van der Waals surface area contributed by atoms with Crippen molar-refractivity contribution in [3.63, 3.8) is 0 Å². The van der Waals surface area contributed by atoms with Crippen molar-refractivity contribution in [1.29, 1.82) is 0 Å². The highest BCUT2D eigenvalue weighted by atomic mass is 28.3. The molecule has 0 heterocycles. The van der Waals surface area contributed by atoms with Crippen LogP contribution in [-0.4, -0.2) is 8.07 Å². The van der Waals surface area contributed by atoms with E-state index in [1.165, 1.54) is 30.9 Å². The topological polar surface area (TPSA) is 0 Å². The number of allylic oxidation sites excluding steroid dienone is 1. The summed E-state index contributed by atoms with van der Waals surface area (Å²) in [5.41, 5.74) is 3.13. The summed E-state index contributed by atoms with van der Waals surface area (Å²) in [7, 11) is -1.09. The molecule has 12 heavy (non-hydrogen) atoms. The summed E-state index contributed by atoms with van der Waals surface area (Å²) >= 11 is 0. The lowest BCUT2D eigenvalue weighted by Gasteiger charge is -2.18. The molecule has 0 N–H and O–H groups in total. The van der Waals surface area contributed by atoms with Gasteiger partial charge in [-0.25, -0.2) is 0 Å². The largest absolute Gasteiger partial charge is 0.134 e. The van der Waals surface area contributed by atoms with Gasteiger partial charge in [0.25, 0.3) is 0 Å². The summed E-state index contributed by atoms with van der Waals surface area (Å²) in [5, 5.41) is 1.51. The molecule has 0 unspecified atom stereocenters. The average molecular weight is 182 g/mol. The molecule has 1 heteroatoms. The molecule has 0 fully saturated rings. The maximum Gasteiger partial charge on any atom is 0.0823 e. The zero-order valence-electron chi connectivity index (χ0n) is 9.04. The fourth-order valence-corrected chi connectivity index (χ4v) is 2.74. The van der Waals surface area contributed by atoms with Crippen LogP contribution in [0.2, 0.25) is 19.6 Å². The second kappa shape index (κ2) is 5.39. The highest BCUT2D eigenvalue weighted by Gasteiger charge is 2.18. The van der Waals surface area contributed by atoms with Crippen molar-refractivity contribution in [1.82, 2.24) is 0 Å². The van der Waals surface area contributed by atoms with Gasteiger partial charge in [0.15, 0.2) is 0 Å². The summed E-state index contributed by atoms with van der Waals surface area (Å²) in [6.07, 6.45) is 5.19. The fraction of sp³-hybridized carbons (Fsp3) is 0.727. The molecule has 0 aliphatic heterocycles. The van der Waals surface area contributed by atoms with Gasteiger partial charge >= 0.3 is 0 Å². The Labute approximate surface area is 78.4 Å². The van der Waals surface area contributed by atoms with E-state index in [4.69, 9.17) is 0 Å². The van der Waals surface area contributed by atoms with Crippen molar-refractivity contribution in [2.75, 3.05) is 0 Å². The summed E-state index contributed by atoms with van der Waals surface area (Å²) in [5.74, 6) is 0. The second-order valence-electron chi connectivity index (χ2n) is 4.36. The molecule has 0 bridgehead atoms. The quantitative estimate of drug-likeness (QED) is 0.340. The molecule has 0 aromatic carbocycles. The van der Waals surface area contributed by atoms with Crippen LogP contribution in [0.5, 0.6) is 0 Å². The molecule has 0 aromatic rings. The monoisotopic (exact) mass is 182 g/mol. The van der Waals surface area contributed by atoms with Crippen molar-refractivity contribution in [3.05, 3.63) is 17.5 Å². The Bertz CT molecular complexity index is 168. The normalized spacial score (nSPS) is 11.0. The van der Waals surface area contributed by atoms with E-state index in [0.717, 1.165) is 0 Å². The van der Waals surface area contributed by atoms with Gasteiger partial charge in [0.1, 0.15) is 0 Å². The molecular formula is C11H22Si. The molecule has 70 valence electrons. The van der Waals surface area contributed by atoms with Gasteiger partial charge in [0.05, 0.1) is 8.07 Å². The molecule has 0 saturated carbocycles. The first-order chi connectivity index (χ1) is 5.52. The molecule has 0 amide bonds. The molecule has 0 saturated heterocycles. The van der Waals surface area contributed by atoms with Gasteiger partial charge in [0.2, 0.25) is 0 Å². The minimum absolute atomic E-state index is 1.09. The minimum Gasteiger partial charge on any atom is -0.134 e. The first kappa shape index (κ1) is 11.7. The lowest BCUT2D eigenvalue weighted by molar-refractivity contribution is 0.723. The van der Waals surface area contributed by atoms with Crippen molar-refractivity contribution in [2.45, 2.75) is 52.2 Å². The van der Waals surface area contributed by atoms with Crippen molar-refractivity contribution in [2.24, 2.45) is 0 Å². The third-order valence-electron chi connectivity index (χ3n) is 2.15. The minimum atomic E-state index is -1.09. The van der Waals surface area contributed by atoms with Crippen LogP contribution in [0, 0.1) is 0 Å². The predicted molar refractivity (Wildman–Crippen MR) is 60.1 cm³/mol. The molecule has 0 aliphatic rings. The van der Waals surface area contributed by atoms with Gasteiger partial charge in [-0.2, -0.15) is 0 Å². The first-order valence-electron chi connectivity index (χ1n) is 4.91. The van der Waals surface area contributed by atoms with E-state index >= 15 is 0 Å². The average Bonchev–Trinajstić information content (AvgIpc) is 1.95. The summed E-state index contributed by atoms with van der Waals surface area (Å²) in [6.45, 7) is 13.1. The Balaban J connectivity index is 3.96. The second-order valence-corrected chi connectivity index (χ2v) is 9.47. The third-order valence-corrected chi connectivity index (χ3v) is 4.39. The van der Waals surface area contributed by atoms with Crippen LogP contribution in [0.4, 0.5) is 0 Å². The van der Waals surface area contributed by atoms with E-state index in [1.807, 2.05) is 0 Å². The number of unbranched alkanes of at least 4 members (excludes halogenated alkanes) is 2. The maximum atomic E-state index is 3.78. The standard InChI is InChI=1S/C11H22Si/c1-6-8-9-10-11(7-2)12(3,4)5/h2,6,8-10H2,1,3-5H3. The number of hydrogen-bond donors (Lipinski definition) is 0. The Morgan fingerprint density at radius 3 is 2.17 bits per heavy atom. The van der Waals surface area contributed by atoms with E-state index in [9.17, 15) is 0 Å². The Kier molecular flexibility index (Phi) is 5.28. The van der Waals surface area contributed by atoms with Crippen LogP contribution in [0.25, 0.3) is 0 Å². The van der Waals surface area contributed by atoms with Crippen molar-refractivity contribution >= 4 is 8.07 Å². The molecular weight excluding hydrogens is 160 g/mol. The van der Waals surface area contributed by atoms with Gasteiger partial charge < -0.3 is 0 Å². The van der Waals surface area contributed by atoms with Gasteiger partial charge in [-0.1, -0.05) is 46.0 Å². The Hall–Kier alpha value is -0.263. The summed E-state index contributed by atoms with van der Waals surface area (Å²) in [6, 6.07) is 0. The van der Waals surface area contributed by atoms with Crippen LogP contribution in [0.15, 0.2) is 17.5 Å². The Morgan fingerprint density at radius 1 is 1.25 bits per heavy atom. The summed E-state index contributed by atoms with van der Waals surface area (Å²) in [4.78, 5) is 0. The first-order valence-corrected chi connectivity index (χ1v) is 8.41. The highest BCUT2D eigenvalue weighted by molar-refractivity contribution is 6.83. The van der Waals surface area contributed by atoms with Crippen LogP contribution in [0.1, 0.15) is 32.6 Å². The van der Waals surface area contributed by atoms with Gasteiger partial charge in [-0.15, -0.1) is 5.73 Å². The van der Waals surface area contributed by atoms with Crippen LogP contribution >= 0.6 is 0 Å². The van der Waals surface area contributed by atoms with Crippen molar-refractivity contribution in [3.8, 4) is 0 Å². The molecule has 0 atom stereocenters. The molecule has 0 spiro atoms. The van der Waals surface area contributed by atoms with Crippen LogP contribution in [-0.2, 0) is 0 Å². The van der Waals surface area contributed by atoms with E-state index in [2.05, 4.69) is 38.9 Å². The summed E-state index contributed by atoms with van der Waals surface area (Å²) < 4.78 is 0. The zero-order chi connectivity index (χ0) is 9.61. The predicted octanol–water partition coefficient (Wildman–Crippen LogP) is 4.16. The molecule has 0 nitrogen and oxygen atoms in total. The molecule has 0 aromatic heterocycles. The van der Waals surface area contributed by atoms with Gasteiger partial charge in [0, 0.05) is 0 Å². The van der Waals surface area contributed by atoms with Crippen LogP contribution in [0.3, 0.4) is 0 Å². The van der Waals surface area contributed by atoms with Crippen LogP contribution < -0.4 is 0 Å². The van der Waals surface area contributed by atoms with E-state index < -0.39 is 8.07 Å². The van der Waals surface area contributed by atoms with E-state index in [1.54, 1.807) is 0 Å². The van der Waals surface area contributed by atoms with Gasteiger partial charge in [-0.3, -0.25) is 0 Å². The number of rotatable bonds is 5. The SMILES string of the molecule is C=C=C(CCCCC)[Si](C)(C)C. The van der Waals surface area contributed by atoms with E-state index in [0.29, 0.717) is 0 Å². The lowest BCUT2D eigenvalue weighted by Crippen LogP contribution is -2.23. The molecule has 0 rings (SSSR count). The third kappa shape index (κ3) is 4.58. The highest BCUT2D eigenvalue weighted by Crippen LogP contribution is 2.19. The fourth-order valence-electron chi connectivity index (χ4n) is 1.28. The van der Waals surface area contributed by atoms with E-state index in [-0.39, 0.29) is 0 Å².